The summed E-state index contributed by atoms with van der Waals surface area (Å²) < 4.78 is 39.6. The number of rotatable bonds is 2. The van der Waals surface area contributed by atoms with Gasteiger partial charge < -0.3 is 4.90 Å². The van der Waals surface area contributed by atoms with Crippen LogP contribution < -0.4 is 0 Å². The quantitative estimate of drug-likeness (QED) is 0.811. The van der Waals surface area contributed by atoms with Gasteiger partial charge in [0.05, 0.1) is 5.02 Å². The van der Waals surface area contributed by atoms with Crippen LogP contribution in [0.4, 0.5) is 4.39 Å². The van der Waals surface area contributed by atoms with Gasteiger partial charge in [0.2, 0.25) is 15.9 Å². The molecule has 8 heteroatoms. The molecule has 23 heavy (non-hydrogen) atoms. The first-order chi connectivity index (χ1) is 10.5. The smallest absolute Gasteiger partial charge is 0.244 e. The number of carbonyl (C=O) groups is 1. The van der Waals surface area contributed by atoms with E-state index in [-0.39, 0.29) is 28.9 Å². The van der Waals surface area contributed by atoms with Gasteiger partial charge in [-0.05, 0) is 18.2 Å². The van der Waals surface area contributed by atoms with Gasteiger partial charge in [0, 0.05) is 31.6 Å². The minimum Gasteiger partial charge on any atom is -0.340 e. The number of benzene rings is 1. The average molecular weight is 363 g/mol. The molecule has 0 spiro atoms. The van der Waals surface area contributed by atoms with Crippen molar-refractivity contribution in [1.82, 2.24) is 9.21 Å². The normalized spacial score (nSPS) is 17.3. The van der Waals surface area contributed by atoms with Crippen molar-refractivity contribution in [2.75, 3.05) is 26.2 Å². The van der Waals surface area contributed by atoms with E-state index in [1.54, 1.807) is 4.90 Å². The highest BCUT2D eigenvalue weighted by molar-refractivity contribution is 7.89. The van der Waals surface area contributed by atoms with Gasteiger partial charge in [-0.1, -0.05) is 32.4 Å². The fraction of sp³-hybridized carbons (Fsp3) is 0.533. The Hall–Kier alpha value is -1.18. The Morgan fingerprint density at radius 3 is 2.22 bits per heavy atom. The number of amides is 1. The van der Waals surface area contributed by atoms with E-state index in [9.17, 15) is 17.6 Å². The number of piperazine rings is 1. The second-order valence-corrected chi connectivity index (χ2v) is 8.83. The first kappa shape index (κ1) is 18.2. The first-order valence-corrected chi connectivity index (χ1v) is 9.10. The predicted octanol–water partition coefficient (Wildman–Crippen LogP) is 2.36. The maximum atomic E-state index is 13.1. The van der Waals surface area contributed by atoms with Gasteiger partial charge in [-0.3, -0.25) is 4.79 Å². The molecule has 2 rings (SSSR count). The van der Waals surface area contributed by atoms with E-state index >= 15 is 0 Å². The molecule has 0 bridgehead atoms. The molecule has 1 heterocycles. The summed E-state index contributed by atoms with van der Waals surface area (Å²) in [7, 11) is -3.80. The minimum atomic E-state index is -3.80. The summed E-state index contributed by atoms with van der Waals surface area (Å²) in [5, 5.41) is -0.141. The molecule has 1 aliphatic rings. The lowest BCUT2D eigenvalue weighted by Gasteiger charge is -2.37. The Morgan fingerprint density at radius 1 is 1.17 bits per heavy atom. The maximum absolute atomic E-state index is 13.1. The fourth-order valence-electron chi connectivity index (χ4n) is 2.43. The zero-order valence-corrected chi connectivity index (χ0v) is 14.9. The number of nitrogens with zero attached hydrogens (tertiary/aromatic N) is 2. The van der Waals surface area contributed by atoms with Crippen LogP contribution in [0.5, 0.6) is 0 Å². The van der Waals surface area contributed by atoms with Crippen molar-refractivity contribution in [2.24, 2.45) is 5.41 Å². The highest BCUT2D eigenvalue weighted by Crippen LogP contribution is 2.27. The van der Waals surface area contributed by atoms with Crippen LogP contribution in [-0.4, -0.2) is 49.7 Å². The van der Waals surface area contributed by atoms with Crippen LogP contribution in [0.25, 0.3) is 0 Å². The van der Waals surface area contributed by atoms with E-state index in [2.05, 4.69) is 0 Å². The summed E-state index contributed by atoms with van der Waals surface area (Å²) in [5.41, 5.74) is -0.499. The van der Waals surface area contributed by atoms with Gasteiger partial charge in [-0.2, -0.15) is 4.31 Å². The molecular weight excluding hydrogens is 343 g/mol. The highest BCUT2D eigenvalue weighted by atomic mass is 35.5. The lowest BCUT2D eigenvalue weighted by Crippen LogP contribution is -2.52. The van der Waals surface area contributed by atoms with E-state index < -0.39 is 21.3 Å². The molecule has 1 aliphatic heterocycles. The van der Waals surface area contributed by atoms with Gasteiger partial charge in [0.15, 0.2) is 0 Å². The standard InChI is InChI=1S/C15H20ClFN2O3S/c1-15(2,3)14(20)18-6-8-19(9-7-18)23(21,22)13-5-4-11(17)10-12(13)16/h4-5,10H,6-9H2,1-3H3. The lowest BCUT2D eigenvalue weighted by atomic mass is 9.94. The summed E-state index contributed by atoms with van der Waals surface area (Å²) in [5.74, 6) is -0.594. The van der Waals surface area contributed by atoms with Crippen molar-refractivity contribution in [3.05, 3.63) is 29.0 Å². The third-order valence-electron chi connectivity index (χ3n) is 3.68. The molecule has 0 radical (unpaired) electrons. The number of halogens is 2. The lowest BCUT2D eigenvalue weighted by molar-refractivity contribution is -0.140. The van der Waals surface area contributed by atoms with Gasteiger partial charge in [0.1, 0.15) is 10.7 Å². The highest BCUT2D eigenvalue weighted by Gasteiger charge is 2.34. The monoisotopic (exact) mass is 362 g/mol. The zero-order chi connectivity index (χ0) is 17.4. The van der Waals surface area contributed by atoms with Crippen molar-refractivity contribution in [3.63, 3.8) is 0 Å². The second-order valence-electron chi connectivity index (χ2n) is 6.52. The summed E-state index contributed by atoms with van der Waals surface area (Å²) in [6.45, 7) is 6.53. The van der Waals surface area contributed by atoms with Crippen molar-refractivity contribution in [3.8, 4) is 0 Å². The topological polar surface area (TPSA) is 57.7 Å². The van der Waals surface area contributed by atoms with Crippen LogP contribution in [0.15, 0.2) is 23.1 Å². The summed E-state index contributed by atoms with van der Waals surface area (Å²) >= 11 is 5.86. The molecule has 5 nitrogen and oxygen atoms in total. The number of carbonyl (C=O) groups excluding carboxylic acids is 1. The third-order valence-corrected chi connectivity index (χ3v) is 6.06. The van der Waals surface area contributed by atoms with Crippen molar-refractivity contribution in [2.45, 2.75) is 25.7 Å². The number of sulfonamides is 1. The SMILES string of the molecule is CC(C)(C)C(=O)N1CCN(S(=O)(=O)c2ccc(F)cc2Cl)CC1. The van der Waals surface area contributed by atoms with Crippen LogP contribution in [0.1, 0.15) is 20.8 Å². The molecule has 0 N–H and O–H groups in total. The fourth-order valence-corrected chi connectivity index (χ4v) is 4.36. The summed E-state index contributed by atoms with van der Waals surface area (Å²) in [6.07, 6.45) is 0. The van der Waals surface area contributed by atoms with Crippen molar-refractivity contribution >= 4 is 27.5 Å². The second kappa shape index (κ2) is 6.37. The summed E-state index contributed by atoms with van der Waals surface area (Å²) in [6, 6.07) is 3.21. The van der Waals surface area contributed by atoms with Crippen LogP contribution in [0.2, 0.25) is 5.02 Å². The largest absolute Gasteiger partial charge is 0.340 e. The van der Waals surface area contributed by atoms with Gasteiger partial charge in [-0.15, -0.1) is 0 Å². The predicted molar refractivity (Wildman–Crippen MR) is 86.2 cm³/mol. The molecule has 1 fully saturated rings. The minimum absolute atomic E-state index is 0.00522. The Balaban J connectivity index is 2.14. The van der Waals surface area contributed by atoms with E-state index in [0.717, 1.165) is 12.1 Å². The molecular formula is C15H20ClFN2O3S. The van der Waals surface area contributed by atoms with E-state index in [4.69, 9.17) is 11.6 Å². The van der Waals surface area contributed by atoms with E-state index in [0.29, 0.717) is 13.1 Å². The van der Waals surface area contributed by atoms with Crippen LogP contribution >= 0.6 is 11.6 Å². The number of hydrogen-bond donors (Lipinski definition) is 0. The molecule has 1 saturated heterocycles. The molecule has 0 aromatic heterocycles. The molecule has 128 valence electrons. The zero-order valence-electron chi connectivity index (χ0n) is 13.3. The molecule has 1 amide bonds. The van der Waals surface area contributed by atoms with E-state index in [1.165, 1.54) is 10.4 Å². The maximum Gasteiger partial charge on any atom is 0.244 e. The molecule has 0 saturated carbocycles. The average Bonchev–Trinajstić information content (AvgIpc) is 2.45. The van der Waals surface area contributed by atoms with E-state index in [1.807, 2.05) is 20.8 Å². The van der Waals surface area contributed by atoms with Crippen LogP contribution in [0.3, 0.4) is 0 Å². The third kappa shape index (κ3) is 3.84. The van der Waals surface area contributed by atoms with Crippen molar-refractivity contribution in [1.29, 1.82) is 0 Å². The molecule has 0 atom stereocenters. The van der Waals surface area contributed by atoms with Crippen LogP contribution in [0, 0.1) is 11.2 Å². The Bertz CT molecular complexity index is 708. The Kier molecular flexibility index (Phi) is 5.03. The molecule has 1 aromatic rings. The number of hydrogen-bond acceptors (Lipinski definition) is 3. The first-order valence-electron chi connectivity index (χ1n) is 7.28. The van der Waals surface area contributed by atoms with Gasteiger partial charge >= 0.3 is 0 Å². The summed E-state index contributed by atoms with van der Waals surface area (Å²) in [4.78, 5) is 13.8. The Labute approximate surface area is 141 Å². The van der Waals surface area contributed by atoms with Gasteiger partial charge in [0.25, 0.3) is 0 Å². The van der Waals surface area contributed by atoms with Crippen LogP contribution in [-0.2, 0) is 14.8 Å². The molecule has 0 unspecified atom stereocenters. The Morgan fingerprint density at radius 2 is 1.74 bits per heavy atom. The van der Waals surface area contributed by atoms with Crippen molar-refractivity contribution < 1.29 is 17.6 Å². The molecule has 0 aliphatic carbocycles. The molecule has 1 aromatic carbocycles. The van der Waals surface area contributed by atoms with Gasteiger partial charge in [-0.25, -0.2) is 12.8 Å².